The van der Waals surface area contributed by atoms with Crippen LogP contribution in [0.2, 0.25) is 0 Å². The zero-order valence-corrected chi connectivity index (χ0v) is 10.0. The highest BCUT2D eigenvalue weighted by Crippen LogP contribution is 2.14. The van der Waals surface area contributed by atoms with E-state index < -0.39 is 39.1 Å². The van der Waals surface area contributed by atoms with Crippen LogP contribution in [0.5, 0.6) is 0 Å². The molecule has 0 aliphatic heterocycles. The van der Waals surface area contributed by atoms with E-state index in [0.717, 1.165) is 6.26 Å². The largest absolute Gasteiger partial charge is 0.479 e. The van der Waals surface area contributed by atoms with Crippen molar-refractivity contribution in [3.63, 3.8) is 0 Å². The van der Waals surface area contributed by atoms with E-state index in [2.05, 4.69) is 5.32 Å². The van der Waals surface area contributed by atoms with Crippen LogP contribution in [0.4, 0.5) is 0 Å². The molecular formula is C8H15NO6S. The maximum atomic E-state index is 11.4. The Balaban J connectivity index is 4.56. The number of nitrogens with one attached hydrogen (secondary N) is 1. The summed E-state index contributed by atoms with van der Waals surface area (Å²) in [7, 11) is -3.61. The maximum absolute atomic E-state index is 11.4. The molecule has 3 N–H and O–H groups in total. The zero-order valence-electron chi connectivity index (χ0n) is 9.22. The molecule has 0 aliphatic carbocycles. The first-order chi connectivity index (χ1) is 7.00. The number of amides is 1. The number of carbonyl (C=O) groups excluding carboxylic acids is 1. The second-order valence-electron chi connectivity index (χ2n) is 3.85. The van der Waals surface area contributed by atoms with Crippen molar-refractivity contribution >= 4 is 21.7 Å². The third-order valence-corrected chi connectivity index (χ3v) is 4.25. The topological polar surface area (TPSA) is 121 Å². The van der Waals surface area contributed by atoms with Gasteiger partial charge in [-0.05, 0) is 13.8 Å². The molecule has 0 saturated carbocycles. The molecule has 0 unspecified atom stereocenters. The van der Waals surface area contributed by atoms with Gasteiger partial charge in [-0.15, -0.1) is 0 Å². The first kappa shape index (κ1) is 14.8. The summed E-state index contributed by atoms with van der Waals surface area (Å²) in [5, 5.41) is 19.3. The van der Waals surface area contributed by atoms with Crippen LogP contribution in [-0.2, 0) is 19.4 Å². The van der Waals surface area contributed by atoms with Gasteiger partial charge in [-0.1, -0.05) is 0 Å². The lowest BCUT2D eigenvalue weighted by Crippen LogP contribution is -2.50. The minimum atomic E-state index is -3.61. The van der Waals surface area contributed by atoms with E-state index in [4.69, 9.17) is 10.2 Å². The summed E-state index contributed by atoms with van der Waals surface area (Å²) in [6, 6.07) is 0. The van der Waals surface area contributed by atoms with Crippen LogP contribution >= 0.6 is 0 Å². The molecule has 0 heterocycles. The molecular weight excluding hydrogens is 238 g/mol. The number of hydrogen-bond donors (Lipinski definition) is 3. The van der Waals surface area contributed by atoms with Crippen LogP contribution in [0.25, 0.3) is 0 Å². The predicted molar refractivity (Wildman–Crippen MR) is 55.6 cm³/mol. The minimum absolute atomic E-state index is 0.535. The molecule has 0 rings (SSSR count). The molecule has 1 amide bonds. The summed E-state index contributed by atoms with van der Waals surface area (Å²) in [6.07, 6.45) is -0.848. The van der Waals surface area contributed by atoms with Crippen LogP contribution in [0, 0.1) is 0 Å². The van der Waals surface area contributed by atoms with Gasteiger partial charge < -0.3 is 15.5 Å². The highest BCUT2D eigenvalue weighted by Gasteiger charge is 2.38. The Bertz CT molecular complexity index is 385. The van der Waals surface area contributed by atoms with Crippen molar-refractivity contribution in [1.29, 1.82) is 0 Å². The third-order valence-electron chi connectivity index (χ3n) is 2.21. The van der Waals surface area contributed by atoms with Gasteiger partial charge in [0.2, 0.25) is 5.91 Å². The molecule has 0 aliphatic rings. The van der Waals surface area contributed by atoms with E-state index in [-0.39, 0.29) is 0 Å². The van der Waals surface area contributed by atoms with Crippen LogP contribution in [0.3, 0.4) is 0 Å². The van der Waals surface area contributed by atoms with Crippen molar-refractivity contribution in [2.75, 3.05) is 12.8 Å². The molecule has 0 saturated heterocycles. The number of carboxylic acid groups (broad SMARTS) is 1. The standard InChI is InChI=1S/C8H15NO6S/c1-8(2,16(3,14)15)7(13)9-4-5(10)6(11)12/h5,10H,4H2,1-3H3,(H,9,13)(H,11,12)/t5-/m0/s1. The first-order valence-corrected chi connectivity index (χ1v) is 6.28. The highest BCUT2D eigenvalue weighted by molar-refractivity contribution is 7.92. The minimum Gasteiger partial charge on any atom is -0.479 e. The van der Waals surface area contributed by atoms with Gasteiger partial charge in [-0.25, -0.2) is 13.2 Å². The summed E-state index contributed by atoms with van der Waals surface area (Å²) >= 11 is 0. The second-order valence-corrected chi connectivity index (χ2v) is 6.41. The average Bonchev–Trinajstić information content (AvgIpc) is 2.11. The smallest absolute Gasteiger partial charge is 0.334 e. The number of rotatable bonds is 5. The summed E-state index contributed by atoms with van der Waals surface area (Å²) in [6.45, 7) is 1.86. The van der Waals surface area contributed by atoms with Gasteiger partial charge in [0.15, 0.2) is 15.9 Å². The van der Waals surface area contributed by atoms with Crippen LogP contribution < -0.4 is 5.32 Å². The zero-order chi connectivity index (χ0) is 13.1. The van der Waals surface area contributed by atoms with Gasteiger partial charge in [0, 0.05) is 6.26 Å². The number of carboxylic acids is 1. The molecule has 16 heavy (non-hydrogen) atoms. The number of sulfone groups is 1. The molecule has 7 nitrogen and oxygen atoms in total. The summed E-state index contributed by atoms with van der Waals surface area (Å²) in [4.78, 5) is 21.7. The number of carbonyl (C=O) groups is 2. The lowest BCUT2D eigenvalue weighted by Gasteiger charge is -2.21. The predicted octanol–water partition coefficient (Wildman–Crippen LogP) is -1.63. The number of aliphatic hydroxyl groups excluding tert-OH is 1. The van der Waals surface area contributed by atoms with E-state index in [9.17, 15) is 18.0 Å². The Kier molecular flexibility index (Phi) is 4.45. The quantitative estimate of drug-likeness (QED) is 0.541. The monoisotopic (exact) mass is 253 g/mol. The Morgan fingerprint density at radius 2 is 1.81 bits per heavy atom. The first-order valence-electron chi connectivity index (χ1n) is 4.39. The highest BCUT2D eigenvalue weighted by atomic mass is 32.2. The SMILES string of the molecule is CC(C)(C(=O)NC[C@H](O)C(=O)O)S(C)(=O)=O. The van der Waals surface area contributed by atoms with Gasteiger partial charge in [0.1, 0.15) is 4.75 Å². The molecule has 0 aromatic heterocycles. The van der Waals surface area contributed by atoms with Crippen molar-refractivity contribution in [3.05, 3.63) is 0 Å². The van der Waals surface area contributed by atoms with E-state index in [1.165, 1.54) is 13.8 Å². The fourth-order valence-corrected chi connectivity index (χ4v) is 1.07. The fraction of sp³-hybridized carbons (Fsp3) is 0.750. The van der Waals surface area contributed by atoms with Crippen LogP contribution in [0.1, 0.15) is 13.8 Å². The molecule has 0 fully saturated rings. The van der Waals surface area contributed by atoms with E-state index in [0.29, 0.717) is 0 Å². The maximum Gasteiger partial charge on any atom is 0.334 e. The van der Waals surface area contributed by atoms with Crippen molar-refractivity contribution in [2.45, 2.75) is 24.7 Å². The molecule has 94 valence electrons. The van der Waals surface area contributed by atoms with Crippen molar-refractivity contribution < 1.29 is 28.2 Å². The van der Waals surface area contributed by atoms with Gasteiger partial charge in [0.25, 0.3) is 0 Å². The second kappa shape index (κ2) is 4.79. The molecule has 0 bridgehead atoms. The fourth-order valence-electron chi connectivity index (χ4n) is 0.658. The number of aliphatic carboxylic acids is 1. The molecule has 8 heteroatoms. The Morgan fingerprint density at radius 1 is 1.38 bits per heavy atom. The third kappa shape index (κ3) is 3.46. The average molecular weight is 253 g/mol. The van der Waals surface area contributed by atoms with Gasteiger partial charge in [-0.2, -0.15) is 0 Å². The Hall–Kier alpha value is -1.15. The number of aliphatic hydroxyl groups is 1. The molecule has 0 radical (unpaired) electrons. The van der Waals surface area contributed by atoms with Gasteiger partial charge in [-0.3, -0.25) is 4.79 Å². The van der Waals surface area contributed by atoms with E-state index in [1.54, 1.807) is 0 Å². The van der Waals surface area contributed by atoms with Gasteiger partial charge in [0.05, 0.1) is 6.54 Å². The van der Waals surface area contributed by atoms with E-state index >= 15 is 0 Å². The summed E-state index contributed by atoms with van der Waals surface area (Å²) in [5.74, 6) is -2.34. The Labute approximate surface area is 93.4 Å². The normalized spacial score (nSPS) is 14.2. The number of hydrogen-bond acceptors (Lipinski definition) is 5. The lowest BCUT2D eigenvalue weighted by atomic mass is 10.2. The Morgan fingerprint density at radius 3 is 2.12 bits per heavy atom. The lowest BCUT2D eigenvalue weighted by molar-refractivity contribution is -0.146. The molecule has 1 atom stereocenters. The van der Waals surface area contributed by atoms with Crippen LogP contribution in [0.15, 0.2) is 0 Å². The molecule has 0 aromatic rings. The van der Waals surface area contributed by atoms with E-state index in [1.807, 2.05) is 0 Å². The van der Waals surface area contributed by atoms with Crippen LogP contribution in [-0.4, -0.2) is 54.2 Å². The van der Waals surface area contributed by atoms with Crippen molar-refractivity contribution in [1.82, 2.24) is 5.32 Å². The summed E-state index contributed by atoms with van der Waals surface area (Å²) in [5.41, 5.74) is 0. The summed E-state index contributed by atoms with van der Waals surface area (Å²) < 4.78 is 20.8. The molecule has 0 spiro atoms. The van der Waals surface area contributed by atoms with Crippen molar-refractivity contribution in [2.24, 2.45) is 0 Å². The van der Waals surface area contributed by atoms with Gasteiger partial charge >= 0.3 is 5.97 Å². The van der Waals surface area contributed by atoms with Crippen molar-refractivity contribution in [3.8, 4) is 0 Å². The molecule has 0 aromatic carbocycles.